The number of rotatable bonds is 49. The number of carbonyl (C=O) groups is 1. The largest absolute Gasteiger partial charge is 0.394 e. The van der Waals surface area contributed by atoms with Crippen molar-refractivity contribution in [1.82, 2.24) is 5.32 Å². The molecule has 0 aliphatic carbocycles. The molecule has 0 saturated carbocycles. The molecule has 1 aliphatic heterocycles. The first-order chi connectivity index (χ1) is 31.3. The third kappa shape index (κ3) is 35.3. The van der Waals surface area contributed by atoms with Gasteiger partial charge in [-0.15, -0.1) is 0 Å². The molecule has 382 valence electrons. The van der Waals surface area contributed by atoms with Crippen LogP contribution in [0.3, 0.4) is 0 Å². The van der Waals surface area contributed by atoms with Crippen molar-refractivity contribution in [2.24, 2.45) is 0 Å². The highest BCUT2D eigenvalue weighted by atomic mass is 16.7. The molecule has 1 aliphatic rings. The van der Waals surface area contributed by atoms with E-state index in [4.69, 9.17) is 9.47 Å². The number of nitrogens with one attached hydrogen (secondary N) is 1. The summed E-state index contributed by atoms with van der Waals surface area (Å²) in [6.07, 6.45) is 47.4. The fourth-order valence-corrected chi connectivity index (χ4v) is 9.46. The lowest BCUT2D eigenvalue weighted by Gasteiger charge is -2.40. The van der Waals surface area contributed by atoms with Crippen LogP contribution in [0, 0.1) is 0 Å². The molecule has 0 radical (unpaired) electrons. The van der Waals surface area contributed by atoms with Gasteiger partial charge in [0.2, 0.25) is 5.91 Å². The van der Waals surface area contributed by atoms with Gasteiger partial charge < -0.3 is 40.3 Å². The highest BCUT2D eigenvalue weighted by molar-refractivity contribution is 5.76. The standard InChI is InChI=1S/C55H109NO8/c1-3-5-7-9-11-13-14-15-16-17-18-19-20-21-22-23-24-25-26-27-28-29-30-31-32-33-34-35-37-39-41-43-45-51(59)56-48(49(58)44-42-40-38-36-12-10-8-6-4-2)47-63-55-54(62)53(61)52(60)50(46-57)64-55/h48-50,52-55,57-58,60-62H,3-47H2,1-2H3,(H,56,59)/t48-,49+,50+,52-,53?,54?,55+/m0/s1. The quantitative estimate of drug-likeness (QED) is 0.0331. The second-order valence-corrected chi connectivity index (χ2v) is 20.1. The lowest BCUT2D eigenvalue weighted by atomic mass is 9.99. The molecule has 0 spiro atoms. The Balaban J connectivity index is 2.03. The number of carbonyl (C=O) groups excluding carboxylic acids is 1. The van der Waals surface area contributed by atoms with Gasteiger partial charge >= 0.3 is 0 Å². The molecule has 0 aromatic carbocycles. The van der Waals surface area contributed by atoms with Gasteiger partial charge in [0.05, 0.1) is 25.4 Å². The number of ether oxygens (including phenoxy) is 2. The van der Waals surface area contributed by atoms with Gasteiger partial charge in [0.1, 0.15) is 24.4 Å². The van der Waals surface area contributed by atoms with E-state index >= 15 is 0 Å². The lowest BCUT2D eigenvalue weighted by molar-refractivity contribution is -0.302. The Morgan fingerprint density at radius 1 is 0.469 bits per heavy atom. The monoisotopic (exact) mass is 912 g/mol. The van der Waals surface area contributed by atoms with Crippen LogP contribution >= 0.6 is 0 Å². The Morgan fingerprint density at radius 3 is 1.11 bits per heavy atom. The third-order valence-corrected chi connectivity index (χ3v) is 14.0. The molecule has 6 N–H and O–H groups in total. The van der Waals surface area contributed by atoms with E-state index in [0.29, 0.717) is 12.8 Å². The van der Waals surface area contributed by atoms with Gasteiger partial charge in [0, 0.05) is 6.42 Å². The van der Waals surface area contributed by atoms with Crippen molar-refractivity contribution >= 4 is 5.91 Å². The molecule has 1 heterocycles. The van der Waals surface area contributed by atoms with Crippen LogP contribution in [0.4, 0.5) is 0 Å². The first kappa shape index (κ1) is 61.2. The third-order valence-electron chi connectivity index (χ3n) is 14.0. The molecule has 7 atom stereocenters. The lowest BCUT2D eigenvalue weighted by Crippen LogP contribution is -2.60. The molecule has 1 fully saturated rings. The smallest absolute Gasteiger partial charge is 0.220 e. The molecule has 0 aromatic rings. The van der Waals surface area contributed by atoms with E-state index in [1.165, 1.54) is 225 Å². The predicted octanol–water partition coefficient (Wildman–Crippen LogP) is 13.5. The number of aliphatic hydroxyl groups excluding tert-OH is 5. The molecule has 0 bridgehead atoms. The van der Waals surface area contributed by atoms with E-state index in [9.17, 15) is 30.3 Å². The zero-order valence-electron chi connectivity index (χ0n) is 42.3. The van der Waals surface area contributed by atoms with E-state index in [1.807, 2.05) is 0 Å². The molecular formula is C55H109NO8. The molecule has 64 heavy (non-hydrogen) atoms. The summed E-state index contributed by atoms with van der Waals surface area (Å²) in [6, 6.07) is -0.711. The summed E-state index contributed by atoms with van der Waals surface area (Å²) >= 11 is 0. The van der Waals surface area contributed by atoms with Gasteiger partial charge in [-0.05, 0) is 12.8 Å². The SMILES string of the molecule is CCCCCCCCCCCCCCCCCCCCCCCCCCCCCCCCCCC(=O)N[C@@H](CO[C@@H]1O[C@H](CO)[C@H](O)C(O)C1O)[C@H](O)CCCCCCCCCCC. The van der Waals surface area contributed by atoms with E-state index in [0.717, 1.165) is 38.5 Å². The molecule has 1 saturated heterocycles. The highest BCUT2D eigenvalue weighted by Crippen LogP contribution is 2.23. The average molecular weight is 912 g/mol. The molecule has 1 amide bonds. The van der Waals surface area contributed by atoms with Gasteiger partial charge in [0.25, 0.3) is 0 Å². The first-order valence-electron chi connectivity index (χ1n) is 28.2. The Labute approximate surface area is 395 Å². The van der Waals surface area contributed by atoms with Crippen molar-refractivity contribution < 1.29 is 39.8 Å². The van der Waals surface area contributed by atoms with E-state index in [-0.39, 0.29) is 12.5 Å². The number of hydrogen-bond acceptors (Lipinski definition) is 8. The number of unbranched alkanes of at least 4 members (excludes halogenated alkanes) is 39. The minimum absolute atomic E-state index is 0.132. The number of hydrogen-bond donors (Lipinski definition) is 6. The topological polar surface area (TPSA) is 149 Å². The molecule has 9 nitrogen and oxygen atoms in total. The van der Waals surface area contributed by atoms with Crippen LogP contribution in [-0.4, -0.2) is 87.5 Å². The summed E-state index contributed by atoms with van der Waals surface area (Å²) in [6.45, 7) is 3.84. The van der Waals surface area contributed by atoms with E-state index in [2.05, 4.69) is 19.2 Å². The van der Waals surface area contributed by atoms with Crippen LogP contribution in [0.15, 0.2) is 0 Å². The maximum absolute atomic E-state index is 13.0. The van der Waals surface area contributed by atoms with Crippen LogP contribution < -0.4 is 5.32 Å². The first-order valence-corrected chi connectivity index (χ1v) is 28.2. The van der Waals surface area contributed by atoms with Crippen molar-refractivity contribution in [3.63, 3.8) is 0 Å². The summed E-state index contributed by atoms with van der Waals surface area (Å²) in [5.74, 6) is -0.140. The highest BCUT2D eigenvalue weighted by Gasteiger charge is 2.44. The van der Waals surface area contributed by atoms with E-state index in [1.54, 1.807) is 0 Å². The fraction of sp³-hybridized carbons (Fsp3) is 0.982. The molecule has 0 aromatic heterocycles. The summed E-state index contributed by atoms with van der Waals surface area (Å²) in [4.78, 5) is 13.0. The fourth-order valence-electron chi connectivity index (χ4n) is 9.46. The van der Waals surface area contributed by atoms with Crippen molar-refractivity contribution in [2.75, 3.05) is 13.2 Å². The number of aliphatic hydroxyl groups is 5. The van der Waals surface area contributed by atoms with Gasteiger partial charge in [-0.3, -0.25) is 4.79 Å². The second kappa shape index (κ2) is 45.9. The van der Waals surface area contributed by atoms with Crippen molar-refractivity contribution in [1.29, 1.82) is 0 Å². The van der Waals surface area contributed by atoms with Gasteiger partial charge in [-0.25, -0.2) is 0 Å². The van der Waals surface area contributed by atoms with Crippen LogP contribution in [0.1, 0.15) is 290 Å². The zero-order valence-corrected chi connectivity index (χ0v) is 42.3. The van der Waals surface area contributed by atoms with Crippen LogP contribution in [-0.2, 0) is 14.3 Å². The molecule has 9 heteroatoms. The van der Waals surface area contributed by atoms with Crippen LogP contribution in [0.2, 0.25) is 0 Å². The second-order valence-electron chi connectivity index (χ2n) is 20.1. The van der Waals surface area contributed by atoms with Gasteiger partial charge in [-0.2, -0.15) is 0 Å². The number of amides is 1. The van der Waals surface area contributed by atoms with E-state index < -0.39 is 49.5 Å². The van der Waals surface area contributed by atoms with Crippen LogP contribution in [0.5, 0.6) is 0 Å². The van der Waals surface area contributed by atoms with Crippen molar-refractivity contribution in [2.45, 2.75) is 333 Å². The van der Waals surface area contributed by atoms with Crippen molar-refractivity contribution in [3.05, 3.63) is 0 Å². The minimum atomic E-state index is -1.55. The van der Waals surface area contributed by atoms with Crippen LogP contribution in [0.25, 0.3) is 0 Å². The van der Waals surface area contributed by atoms with Gasteiger partial charge in [-0.1, -0.05) is 271 Å². The molecule has 2 unspecified atom stereocenters. The Bertz CT molecular complexity index is 970. The Hall–Kier alpha value is -0.810. The van der Waals surface area contributed by atoms with Gasteiger partial charge in [0.15, 0.2) is 6.29 Å². The zero-order chi connectivity index (χ0) is 46.6. The average Bonchev–Trinajstić information content (AvgIpc) is 3.29. The molecule has 1 rings (SSSR count). The summed E-state index contributed by atoms with van der Waals surface area (Å²) in [5.41, 5.74) is 0. The minimum Gasteiger partial charge on any atom is -0.394 e. The summed E-state index contributed by atoms with van der Waals surface area (Å²) < 4.78 is 11.3. The Morgan fingerprint density at radius 2 is 0.781 bits per heavy atom. The maximum Gasteiger partial charge on any atom is 0.220 e. The van der Waals surface area contributed by atoms with Crippen molar-refractivity contribution in [3.8, 4) is 0 Å². The summed E-state index contributed by atoms with van der Waals surface area (Å²) in [7, 11) is 0. The predicted molar refractivity (Wildman–Crippen MR) is 268 cm³/mol. The Kier molecular flexibility index (Phi) is 43.9. The molecular weight excluding hydrogens is 803 g/mol. The maximum atomic E-state index is 13.0. The summed E-state index contributed by atoms with van der Waals surface area (Å²) in [5, 5.41) is 54.3. The normalized spacial score (nSPS) is 19.9.